The third-order valence-corrected chi connectivity index (χ3v) is 6.26. The molecule has 6 nitrogen and oxygen atoms in total. The molecular weight excluding hydrogens is 407 g/mol. The summed E-state index contributed by atoms with van der Waals surface area (Å²) in [5.74, 6) is -0.0299. The number of amides is 1. The molecule has 8 heteroatoms. The van der Waals surface area contributed by atoms with Gasteiger partial charge in [-0.15, -0.1) is 0 Å². The van der Waals surface area contributed by atoms with Crippen molar-refractivity contribution in [2.45, 2.75) is 32.2 Å². The van der Waals surface area contributed by atoms with E-state index < -0.39 is 15.8 Å². The summed E-state index contributed by atoms with van der Waals surface area (Å²) < 4.78 is 45.3. The first-order chi connectivity index (χ1) is 14.3. The van der Waals surface area contributed by atoms with Crippen molar-refractivity contribution in [3.05, 3.63) is 59.9 Å². The Morgan fingerprint density at radius 1 is 1.03 bits per heavy atom. The number of anilines is 1. The quantitative estimate of drug-likeness (QED) is 0.668. The van der Waals surface area contributed by atoms with Crippen molar-refractivity contribution in [1.82, 2.24) is 4.90 Å². The van der Waals surface area contributed by atoms with E-state index in [9.17, 15) is 17.6 Å². The highest BCUT2D eigenvalue weighted by molar-refractivity contribution is 7.92. The number of halogens is 1. The molecule has 0 aromatic heterocycles. The Morgan fingerprint density at radius 3 is 2.27 bits per heavy atom. The van der Waals surface area contributed by atoms with Crippen LogP contribution in [0.25, 0.3) is 0 Å². The Kier molecular flexibility index (Phi) is 7.31. The van der Waals surface area contributed by atoms with Gasteiger partial charge in [-0.2, -0.15) is 0 Å². The van der Waals surface area contributed by atoms with Gasteiger partial charge < -0.3 is 9.64 Å². The van der Waals surface area contributed by atoms with Crippen LogP contribution in [0.1, 0.15) is 31.2 Å². The zero-order chi connectivity index (χ0) is 21.6. The maximum atomic E-state index is 14.0. The van der Waals surface area contributed by atoms with Crippen LogP contribution in [0.15, 0.2) is 48.5 Å². The number of benzene rings is 2. The topological polar surface area (TPSA) is 66.9 Å². The molecule has 0 atom stereocenters. The molecular formula is C22H27FN2O4S. The molecule has 1 fully saturated rings. The summed E-state index contributed by atoms with van der Waals surface area (Å²) in [5.41, 5.74) is 0.679. The van der Waals surface area contributed by atoms with Gasteiger partial charge in [0.05, 0.1) is 18.5 Å². The van der Waals surface area contributed by atoms with Crippen molar-refractivity contribution in [2.24, 2.45) is 0 Å². The summed E-state index contributed by atoms with van der Waals surface area (Å²) in [5, 5.41) is 0. The molecule has 1 aliphatic rings. The lowest BCUT2D eigenvalue weighted by Gasteiger charge is -2.23. The van der Waals surface area contributed by atoms with E-state index in [0.717, 1.165) is 49.3 Å². The summed E-state index contributed by atoms with van der Waals surface area (Å²) in [7, 11) is -3.62. The van der Waals surface area contributed by atoms with E-state index in [2.05, 4.69) is 0 Å². The Labute approximate surface area is 177 Å². The van der Waals surface area contributed by atoms with Crippen LogP contribution in [0.3, 0.4) is 0 Å². The van der Waals surface area contributed by atoms with Gasteiger partial charge in [0.15, 0.2) is 6.61 Å². The van der Waals surface area contributed by atoms with Gasteiger partial charge in [0.1, 0.15) is 11.6 Å². The van der Waals surface area contributed by atoms with Crippen molar-refractivity contribution < 1.29 is 22.3 Å². The molecule has 0 bridgehead atoms. The molecule has 162 valence electrons. The predicted octanol–water partition coefficient (Wildman–Crippen LogP) is 3.57. The number of ether oxygens (including phenoxy) is 1. The van der Waals surface area contributed by atoms with Crippen LogP contribution < -0.4 is 9.04 Å². The number of nitrogens with zero attached hydrogens (tertiary/aromatic N) is 2. The number of carbonyl (C=O) groups is 1. The van der Waals surface area contributed by atoms with E-state index in [1.165, 1.54) is 6.07 Å². The lowest BCUT2D eigenvalue weighted by Crippen LogP contribution is -2.35. The molecule has 2 aromatic carbocycles. The van der Waals surface area contributed by atoms with Crippen LogP contribution in [-0.2, 0) is 21.4 Å². The number of likely N-dealkylation sites (tertiary alicyclic amines) is 1. The van der Waals surface area contributed by atoms with Gasteiger partial charge in [0.2, 0.25) is 10.0 Å². The van der Waals surface area contributed by atoms with Crippen LogP contribution >= 0.6 is 0 Å². The molecule has 1 aliphatic heterocycles. The summed E-state index contributed by atoms with van der Waals surface area (Å²) in [6, 6.07) is 12.5. The number of sulfonamides is 1. The van der Waals surface area contributed by atoms with Gasteiger partial charge in [0.25, 0.3) is 5.91 Å². The minimum absolute atomic E-state index is 0.0432. The molecule has 1 amide bonds. The SMILES string of the molecule is CS(=O)(=O)N(Cc1ccccc1F)c1ccc(OCC(=O)N2CCCCCC2)cc1. The number of hydrogen-bond acceptors (Lipinski definition) is 4. The Bertz CT molecular complexity index is 955. The largest absolute Gasteiger partial charge is 0.484 e. The normalized spacial score (nSPS) is 14.8. The Balaban J connectivity index is 1.66. The zero-order valence-electron chi connectivity index (χ0n) is 17.1. The van der Waals surface area contributed by atoms with Crippen molar-refractivity contribution >= 4 is 21.6 Å². The minimum Gasteiger partial charge on any atom is -0.484 e. The number of carbonyl (C=O) groups excluding carboxylic acids is 1. The molecule has 0 unspecified atom stereocenters. The van der Waals surface area contributed by atoms with E-state index in [0.29, 0.717) is 11.4 Å². The molecule has 0 radical (unpaired) electrons. The molecule has 3 rings (SSSR count). The zero-order valence-corrected chi connectivity index (χ0v) is 17.9. The summed E-state index contributed by atoms with van der Waals surface area (Å²) in [6.45, 7) is 1.37. The third kappa shape index (κ3) is 5.95. The molecule has 1 heterocycles. The molecule has 1 saturated heterocycles. The second-order valence-corrected chi connectivity index (χ2v) is 9.35. The first-order valence-electron chi connectivity index (χ1n) is 10.1. The Morgan fingerprint density at radius 2 is 1.67 bits per heavy atom. The van der Waals surface area contributed by atoms with Gasteiger partial charge >= 0.3 is 0 Å². The van der Waals surface area contributed by atoms with Crippen molar-refractivity contribution in [3.8, 4) is 5.75 Å². The van der Waals surface area contributed by atoms with Crippen molar-refractivity contribution in [1.29, 1.82) is 0 Å². The highest BCUT2D eigenvalue weighted by Gasteiger charge is 2.20. The molecule has 30 heavy (non-hydrogen) atoms. The molecule has 2 aromatic rings. The number of rotatable bonds is 7. The smallest absolute Gasteiger partial charge is 0.260 e. The molecule has 0 spiro atoms. The fourth-order valence-corrected chi connectivity index (χ4v) is 4.32. The highest BCUT2D eigenvalue weighted by atomic mass is 32.2. The second kappa shape index (κ2) is 9.93. The molecule has 0 saturated carbocycles. The minimum atomic E-state index is -3.62. The third-order valence-electron chi connectivity index (χ3n) is 5.12. The average Bonchev–Trinajstić information content (AvgIpc) is 3.01. The number of hydrogen-bond donors (Lipinski definition) is 0. The van der Waals surface area contributed by atoms with Gasteiger partial charge in [0, 0.05) is 18.7 Å². The van der Waals surface area contributed by atoms with E-state index >= 15 is 0 Å². The van der Waals surface area contributed by atoms with E-state index in [-0.39, 0.29) is 24.6 Å². The first-order valence-corrected chi connectivity index (χ1v) is 11.9. The standard InChI is InChI=1S/C22H27FN2O4S/c1-30(27,28)25(16-18-8-4-5-9-21(18)23)19-10-12-20(13-11-19)29-17-22(26)24-14-6-2-3-7-15-24/h4-5,8-13H,2-3,6-7,14-17H2,1H3. The molecule has 0 N–H and O–H groups in total. The summed E-state index contributed by atoms with van der Waals surface area (Å²) in [6.07, 6.45) is 5.41. The van der Waals surface area contributed by atoms with E-state index in [1.807, 2.05) is 4.90 Å². The maximum absolute atomic E-state index is 14.0. The monoisotopic (exact) mass is 434 g/mol. The van der Waals surface area contributed by atoms with E-state index in [1.54, 1.807) is 42.5 Å². The fourth-order valence-electron chi connectivity index (χ4n) is 3.45. The van der Waals surface area contributed by atoms with Crippen LogP contribution in [0, 0.1) is 5.82 Å². The predicted molar refractivity (Wildman–Crippen MR) is 114 cm³/mol. The lowest BCUT2D eigenvalue weighted by molar-refractivity contribution is -0.133. The Hall–Kier alpha value is -2.61. The van der Waals surface area contributed by atoms with Crippen molar-refractivity contribution in [3.63, 3.8) is 0 Å². The van der Waals surface area contributed by atoms with Gasteiger partial charge in [-0.3, -0.25) is 9.10 Å². The molecule has 0 aliphatic carbocycles. The second-order valence-electron chi connectivity index (χ2n) is 7.44. The highest BCUT2D eigenvalue weighted by Crippen LogP contribution is 2.24. The average molecular weight is 435 g/mol. The van der Waals surface area contributed by atoms with Crippen molar-refractivity contribution in [2.75, 3.05) is 30.3 Å². The van der Waals surface area contributed by atoms with Gasteiger partial charge in [-0.25, -0.2) is 12.8 Å². The van der Waals surface area contributed by atoms with Crippen LogP contribution in [0.5, 0.6) is 5.75 Å². The van der Waals surface area contributed by atoms with Crippen LogP contribution in [-0.4, -0.2) is 45.2 Å². The van der Waals surface area contributed by atoms with Gasteiger partial charge in [-0.1, -0.05) is 31.0 Å². The van der Waals surface area contributed by atoms with Crippen LogP contribution in [0.4, 0.5) is 10.1 Å². The fraction of sp³-hybridized carbons (Fsp3) is 0.409. The van der Waals surface area contributed by atoms with Gasteiger partial charge in [-0.05, 0) is 43.2 Å². The van der Waals surface area contributed by atoms with Crippen LogP contribution in [0.2, 0.25) is 0 Å². The summed E-state index contributed by atoms with van der Waals surface area (Å²) >= 11 is 0. The maximum Gasteiger partial charge on any atom is 0.260 e. The lowest BCUT2D eigenvalue weighted by atomic mass is 10.2. The summed E-state index contributed by atoms with van der Waals surface area (Å²) in [4.78, 5) is 14.2. The van der Waals surface area contributed by atoms with E-state index in [4.69, 9.17) is 4.74 Å². The first kappa shape index (κ1) is 22.1.